The van der Waals surface area contributed by atoms with E-state index in [9.17, 15) is 4.79 Å². The highest BCUT2D eigenvalue weighted by Crippen LogP contribution is 2.23. The third kappa shape index (κ3) is 3.66. The molecule has 1 amide bonds. The monoisotopic (exact) mass is 327 g/mol. The van der Waals surface area contributed by atoms with Crippen LogP contribution in [0.15, 0.2) is 22.7 Å². The van der Waals surface area contributed by atoms with Gasteiger partial charge in [0.2, 0.25) is 5.89 Å². The van der Waals surface area contributed by atoms with Gasteiger partial charge in [0.05, 0.1) is 6.54 Å². The van der Waals surface area contributed by atoms with Gasteiger partial charge in [-0.15, -0.1) is 0 Å². The molecule has 5 nitrogen and oxygen atoms in total. The summed E-state index contributed by atoms with van der Waals surface area (Å²) in [4.78, 5) is 19.0. The lowest BCUT2D eigenvalue weighted by Gasteiger charge is -2.21. The fourth-order valence-electron chi connectivity index (χ4n) is 3.22. The minimum absolute atomic E-state index is 0.0349. The number of hydrogen-bond donors (Lipinski definition) is 0. The maximum atomic E-state index is 12.8. The largest absolute Gasteiger partial charge is 0.339 e. The van der Waals surface area contributed by atoms with Gasteiger partial charge in [-0.2, -0.15) is 4.98 Å². The predicted molar refractivity (Wildman–Crippen MR) is 91.8 cm³/mol. The van der Waals surface area contributed by atoms with Gasteiger partial charge in [0, 0.05) is 18.5 Å². The zero-order chi connectivity index (χ0) is 16.9. The third-order valence-corrected chi connectivity index (χ3v) is 4.57. The first-order valence-corrected chi connectivity index (χ1v) is 8.93. The average Bonchev–Trinajstić information content (AvgIpc) is 3.06. The van der Waals surface area contributed by atoms with Gasteiger partial charge in [0.1, 0.15) is 0 Å². The highest BCUT2D eigenvalue weighted by Gasteiger charge is 2.19. The minimum atomic E-state index is 0.0349. The highest BCUT2D eigenvalue weighted by atomic mass is 16.5. The van der Waals surface area contributed by atoms with E-state index >= 15 is 0 Å². The van der Waals surface area contributed by atoms with Crippen molar-refractivity contribution >= 4 is 5.91 Å². The van der Waals surface area contributed by atoms with Crippen LogP contribution in [0.2, 0.25) is 0 Å². The Bertz CT molecular complexity index is 708. The molecule has 0 spiro atoms. The quantitative estimate of drug-likeness (QED) is 0.814. The molecule has 0 saturated heterocycles. The number of carbonyl (C=O) groups excluding carboxylic acids is 1. The van der Waals surface area contributed by atoms with Crippen molar-refractivity contribution in [3.05, 3.63) is 46.6 Å². The molecule has 3 rings (SSSR count). The number of aryl methyl sites for hydroxylation is 3. The Hall–Kier alpha value is -2.17. The summed E-state index contributed by atoms with van der Waals surface area (Å²) in [5.74, 6) is 1.25. The Labute approximate surface area is 143 Å². The molecule has 0 radical (unpaired) electrons. The molecule has 0 aliphatic heterocycles. The molecule has 0 fully saturated rings. The van der Waals surface area contributed by atoms with Crippen LogP contribution in [0.1, 0.15) is 66.3 Å². The molecule has 1 heterocycles. The molecule has 24 heavy (non-hydrogen) atoms. The molecule has 1 aromatic carbocycles. The third-order valence-electron chi connectivity index (χ3n) is 4.57. The first-order valence-electron chi connectivity index (χ1n) is 8.93. The fraction of sp³-hybridized carbons (Fsp3) is 0.526. The van der Waals surface area contributed by atoms with Gasteiger partial charge in [-0.05, 0) is 62.3 Å². The number of hydrogen-bond acceptors (Lipinski definition) is 4. The SMILES string of the molecule is CCCc1nc(CN(CC)C(=O)c2ccc3c(c2)CCCC3)no1. The van der Waals surface area contributed by atoms with Crippen LogP contribution in [0.5, 0.6) is 0 Å². The van der Waals surface area contributed by atoms with Gasteiger partial charge in [-0.1, -0.05) is 18.1 Å². The van der Waals surface area contributed by atoms with Crippen molar-refractivity contribution in [3.8, 4) is 0 Å². The number of amides is 1. The standard InChI is InChI=1S/C19H25N3O2/c1-3-7-18-20-17(21-24-18)13-22(4-2)19(23)16-11-10-14-8-5-6-9-15(14)12-16/h10-12H,3-9,13H2,1-2H3. The number of benzene rings is 1. The number of fused-ring (bicyclic) bond motifs is 1. The van der Waals surface area contributed by atoms with Crippen LogP contribution in [-0.4, -0.2) is 27.5 Å². The van der Waals surface area contributed by atoms with Crippen LogP contribution in [0, 0.1) is 0 Å². The maximum Gasteiger partial charge on any atom is 0.254 e. The van der Waals surface area contributed by atoms with Crippen molar-refractivity contribution in [2.75, 3.05) is 6.54 Å². The van der Waals surface area contributed by atoms with Gasteiger partial charge in [-0.25, -0.2) is 0 Å². The van der Waals surface area contributed by atoms with Crippen LogP contribution in [0.4, 0.5) is 0 Å². The van der Waals surface area contributed by atoms with Crippen LogP contribution < -0.4 is 0 Å². The second-order valence-electron chi connectivity index (χ2n) is 6.36. The molecular weight excluding hydrogens is 302 g/mol. The van der Waals surface area contributed by atoms with Crippen molar-refractivity contribution in [3.63, 3.8) is 0 Å². The summed E-state index contributed by atoms with van der Waals surface area (Å²) in [7, 11) is 0. The molecule has 5 heteroatoms. The van der Waals surface area contributed by atoms with Gasteiger partial charge < -0.3 is 9.42 Å². The van der Waals surface area contributed by atoms with Gasteiger partial charge >= 0.3 is 0 Å². The molecule has 0 unspecified atom stereocenters. The van der Waals surface area contributed by atoms with Crippen molar-refractivity contribution in [2.45, 2.75) is 58.9 Å². The smallest absolute Gasteiger partial charge is 0.254 e. The van der Waals surface area contributed by atoms with E-state index in [2.05, 4.69) is 29.2 Å². The number of rotatable bonds is 6. The lowest BCUT2D eigenvalue weighted by molar-refractivity contribution is 0.0747. The zero-order valence-electron chi connectivity index (χ0n) is 14.5. The second kappa shape index (κ2) is 7.60. The molecule has 1 aliphatic carbocycles. The number of carbonyl (C=O) groups is 1. The van der Waals surface area contributed by atoms with E-state index in [0.717, 1.165) is 31.2 Å². The lowest BCUT2D eigenvalue weighted by Crippen LogP contribution is -2.31. The highest BCUT2D eigenvalue weighted by molar-refractivity contribution is 5.94. The van der Waals surface area contributed by atoms with Crippen molar-refractivity contribution < 1.29 is 9.32 Å². The average molecular weight is 327 g/mol. The van der Waals surface area contributed by atoms with E-state index in [4.69, 9.17) is 4.52 Å². The molecular formula is C19H25N3O2. The minimum Gasteiger partial charge on any atom is -0.339 e. The molecule has 1 aliphatic rings. The maximum absolute atomic E-state index is 12.8. The summed E-state index contributed by atoms with van der Waals surface area (Å²) in [6.45, 7) is 5.05. The summed E-state index contributed by atoms with van der Waals surface area (Å²) in [6.07, 6.45) is 6.41. The molecule has 0 atom stereocenters. The molecule has 0 N–H and O–H groups in total. The van der Waals surface area contributed by atoms with Crippen LogP contribution in [0.25, 0.3) is 0 Å². The Kier molecular flexibility index (Phi) is 5.28. The van der Waals surface area contributed by atoms with Gasteiger partial charge in [0.15, 0.2) is 5.82 Å². The summed E-state index contributed by atoms with van der Waals surface area (Å²) < 4.78 is 5.21. The first kappa shape index (κ1) is 16.7. The van der Waals surface area contributed by atoms with Gasteiger partial charge in [0.25, 0.3) is 5.91 Å². The lowest BCUT2D eigenvalue weighted by atomic mass is 9.90. The first-order chi connectivity index (χ1) is 11.7. The molecule has 0 bridgehead atoms. The van der Waals surface area contributed by atoms with Crippen LogP contribution in [-0.2, 0) is 25.8 Å². The Morgan fingerprint density at radius 1 is 1.21 bits per heavy atom. The Balaban J connectivity index is 1.73. The summed E-state index contributed by atoms with van der Waals surface area (Å²) in [6, 6.07) is 6.13. The van der Waals surface area contributed by atoms with E-state index in [1.807, 2.05) is 13.0 Å². The van der Waals surface area contributed by atoms with E-state index in [-0.39, 0.29) is 5.91 Å². The summed E-state index contributed by atoms with van der Waals surface area (Å²) >= 11 is 0. The van der Waals surface area contributed by atoms with Gasteiger partial charge in [-0.3, -0.25) is 4.79 Å². The van der Waals surface area contributed by atoms with E-state index in [0.29, 0.717) is 24.8 Å². The zero-order valence-corrected chi connectivity index (χ0v) is 14.5. The van der Waals surface area contributed by atoms with Crippen LogP contribution >= 0.6 is 0 Å². The van der Waals surface area contributed by atoms with Crippen molar-refractivity contribution in [2.24, 2.45) is 0 Å². The van der Waals surface area contributed by atoms with E-state index in [1.54, 1.807) is 4.90 Å². The molecule has 2 aromatic rings. The summed E-state index contributed by atoms with van der Waals surface area (Å²) in [5.41, 5.74) is 3.48. The van der Waals surface area contributed by atoms with E-state index < -0.39 is 0 Å². The Morgan fingerprint density at radius 3 is 2.75 bits per heavy atom. The van der Waals surface area contributed by atoms with Crippen molar-refractivity contribution in [1.29, 1.82) is 0 Å². The molecule has 128 valence electrons. The normalized spacial score (nSPS) is 13.6. The second-order valence-corrected chi connectivity index (χ2v) is 6.36. The van der Waals surface area contributed by atoms with Crippen molar-refractivity contribution in [1.82, 2.24) is 15.0 Å². The Morgan fingerprint density at radius 2 is 2.00 bits per heavy atom. The molecule has 1 aromatic heterocycles. The fourth-order valence-corrected chi connectivity index (χ4v) is 3.22. The van der Waals surface area contributed by atoms with E-state index in [1.165, 1.54) is 24.0 Å². The predicted octanol–water partition coefficient (Wildman–Crippen LogP) is 3.56. The topological polar surface area (TPSA) is 59.2 Å². The number of aromatic nitrogens is 2. The van der Waals surface area contributed by atoms with Crippen LogP contribution in [0.3, 0.4) is 0 Å². The number of nitrogens with zero attached hydrogens (tertiary/aromatic N) is 3. The molecule has 0 saturated carbocycles. The summed E-state index contributed by atoms with van der Waals surface area (Å²) in [5, 5.41) is 3.99.